The van der Waals surface area contributed by atoms with Crippen LogP contribution in [-0.4, -0.2) is 31.3 Å². The number of hydrogen-bond donors (Lipinski definition) is 1. The van der Waals surface area contributed by atoms with Gasteiger partial charge in [-0.3, -0.25) is 4.98 Å². The molecule has 0 amide bonds. The molecule has 0 radical (unpaired) electrons. The third-order valence-electron chi connectivity index (χ3n) is 3.36. The summed E-state index contributed by atoms with van der Waals surface area (Å²) in [5, 5.41) is 13.1. The first-order chi connectivity index (χ1) is 10.9. The Morgan fingerprint density at radius 1 is 1.09 bits per heavy atom. The molecule has 0 aromatic carbocycles. The molecule has 0 spiro atoms. The average Bonchev–Trinajstić information content (AvgIpc) is 3.02. The fourth-order valence-electron chi connectivity index (χ4n) is 2.22. The second-order valence-corrected chi connectivity index (χ2v) is 5.01. The quantitative estimate of drug-likeness (QED) is 0.676. The van der Waals surface area contributed by atoms with Crippen LogP contribution in [0.3, 0.4) is 0 Å². The first kappa shape index (κ1) is 14.5. The molecule has 3 heterocycles. The summed E-state index contributed by atoms with van der Waals surface area (Å²) in [6, 6.07) is 7.61. The van der Waals surface area contributed by atoms with Crippen LogP contribution < -0.4 is 4.74 Å². The Morgan fingerprint density at radius 2 is 1.95 bits per heavy atom. The minimum Gasteiger partial charge on any atom is -0.473 e. The van der Waals surface area contributed by atoms with Crippen molar-refractivity contribution < 1.29 is 9.84 Å². The fourth-order valence-corrected chi connectivity index (χ4v) is 2.22. The van der Waals surface area contributed by atoms with E-state index in [-0.39, 0.29) is 6.61 Å². The van der Waals surface area contributed by atoms with E-state index in [0.29, 0.717) is 12.5 Å². The van der Waals surface area contributed by atoms with Gasteiger partial charge in [-0.25, -0.2) is 4.98 Å². The van der Waals surface area contributed by atoms with Gasteiger partial charge in [0.2, 0.25) is 5.88 Å². The zero-order valence-electron chi connectivity index (χ0n) is 12.2. The lowest BCUT2D eigenvalue weighted by Gasteiger charge is -2.10. The SMILES string of the molecule is OCCCCc1cc(OCc2ccncc2)n2nccc2n1. The number of ether oxygens (including phenoxy) is 1. The zero-order chi connectivity index (χ0) is 15.2. The van der Waals surface area contributed by atoms with Gasteiger partial charge < -0.3 is 9.84 Å². The number of unbranched alkanes of at least 4 members (excludes halogenated alkanes) is 1. The Labute approximate surface area is 128 Å². The molecule has 114 valence electrons. The first-order valence-corrected chi connectivity index (χ1v) is 7.33. The second-order valence-electron chi connectivity index (χ2n) is 5.01. The predicted molar refractivity (Wildman–Crippen MR) is 81.6 cm³/mol. The Morgan fingerprint density at radius 3 is 2.77 bits per heavy atom. The van der Waals surface area contributed by atoms with Gasteiger partial charge in [-0.15, -0.1) is 0 Å². The van der Waals surface area contributed by atoms with Crippen LogP contribution in [0.15, 0.2) is 42.9 Å². The van der Waals surface area contributed by atoms with E-state index >= 15 is 0 Å². The molecule has 0 saturated heterocycles. The lowest BCUT2D eigenvalue weighted by Crippen LogP contribution is -2.04. The van der Waals surface area contributed by atoms with Crippen molar-refractivity contribution in [2.75, 3.05) is 6.61 Å². The van der Waals surface area contributed by atoms with E-state index in [4.69, 9.17) is 9.84 Å². The summed E-state index contributed by atoms with van der Waals surface area (Å²) in [6.07, 6.45) is 7.69. The lowest BCUT2D eigenvalue weighted by molar-refractivity contribution is 0.282. The summed E-state index contributed by atoms with van der Waals surface area (Å²) in [4.78, 5) is 8.55. The number of aromatic nitrogens is 4. The number of fused-ring (bicyclic) bond motifs is 1. The number of aliphatic hydroxyl groups is 1. The Balaban J connectivity index is 1.79. The minimum atomic E-state index is 0.209. The van der Waals surface area contributed by atoms with Crippen LogP contribution in [0, 0.1) is 0 Å². The molecule has 22 heavy (non-hydrogen) atoms. The van der Waals surface area contributed by atoms with Crippen LogP contribution >= 0.6 is 0 Å². The number of nitrogens with zero attached hydrogens (tertiary/aromatic N) is 4. The van der Waals surface area contributed by atoms with Crippen molar-refractivity contribution in [2.24, 2.45) is 0 Å². The summed E-state index contributed by atoms with van der Waals surface area (Å²) in [5.74, 6) is 0.672. The van der Waals surface area contributed by atoms with Gasteiger partial charge in [-0.05, 0) is 37.0 Å². The minimum absolute atomic E-state index is 0.209. The van der Waals surface area contributed by atoms with E-state index in [1.54, 1.807) is 23.1 Å². The average molecular weight is 298 g/mol. The molecule has 0 fully saturated rings. The maximum Gasteiger partial charge on any atom is 0.218 e. The van der Waals surface area contributed by atoms with Crippen LogP contribution in [-0.2, 0) is 13.0 Å². The normalized spacial score (nSPS) is 11.0. The van der Waals surface area contributed by atoms with Crippen molar-refractivity contribution in [1.29, 1.82) is 0 Å². The molecule has 0 saturated carbocycles. The van der Waals surface area contributed by atoms with Crippen LogP contribution in [0.4, 0.5) is 0 Å². The van der Waals surface area contributed by atoms with E-state index < -0.39 is 0 Å². The number of aryl methyl sites for hydroxylation is 1. The van der Waals surface area contributed by atoms with Crippen molar-refractivity contribution in [2.45, 2.75) is 25.9 Å². The van der Waals surface area contributed by atoms with E-state index in [0.717, 1.165) is 36.2 Å². The number of pyridine rings is 1. The topological polar surface area (TPSA) is 72.5 Å². The largest absolute Gasteiger partial charge is 0.473 e. The molecule has 3 rings (SSSR count). The van der Waals surface area contributed by atoms with Gasteiger partial charge in [-0.2, -0.15) is 9.61 Å². The van der Waals surface area contributed by atoms with Crippen molar-refractivity contribution in [3.63, 3.8) is 0 Å². The maximum atomic E-state index is 8.88. The molecule has 0 atom stereocenters. The van der Waals surface area contributed by atoms with Crippen molar-refractivity contribution in [1.82, 2.24) is 19.6 Å². The summed E-state index contributed by atoms with van der Waals surface area (Å²) in [6.45, 7) is 0.665. The summed E-state index contributed by atoms with van der Waals surface area (Å²) < 4.78 is 7.59. The van der Waals surface area contributed by atoms with Gasteiger partial charge in [0.1, 0.15) is 6.61 Å². The first-order valence-electron chi connectivity index (χ1n) is 7.33. The van der Waals surface area contributed by atoms with E-state index in [1.807, 2.05) is 24.3 Å². The highest BCUT2D eigenvalue weighted by Gasteiger charge is 2.08. The van der Waals surface area contributed by atoms with Crippen LogP contribution in [0.5, 0.6) is 5.88 Å². The third kappa shape index (κ3) is 3.40. The lowest BCUT2D eigenvalue weighted by atomic mass is 10.2. The molecular formula is C16H18N4O2. The standard InChI is InChI=1S/C16H18N4O2/c21-10-2-1-3-14-11-16(20-15(19-14)6-9-18-20)22-12-13-4-7-17-8-5-13/h4-9,11,21H,1-3,10,12H2. The van der Waals surface area contributed by atoms with Crippen LogP contribution in [0.2, 0.25) is 0 Å². The smallest absolute Gasteiger partial charge is 0.218 e. The molecule has 0 aliphatic heterocycles. The van der Waals surface area contributed by atoms with Gasteiger partial charge in [0.25, 0.3) is 0 Å². The molecule has 0 aliphatic carbocycles. The Hall–Kier alpha value is -2.47. The van der Waals surface area contributed by atoms with E-state index in [1.165, 1.54) is 0 Å². The number of aliphatic hydroxyl groups excluding tert-OH is 1. The molecule has 6 nitrogen and oxygen atoms in total. The molecular weight excluding hydrogens is 280 g/mol. The molecule has 3 aromatic rings. The third-order valence-corrected chi connectivity index (χ3v) is 3.36. The van der Waals surface area contributed by atoms with Gasteiger partial charge in [0.05, 0.1) is 6.20 Å². The zero-order valence-corrected chi connectivity index (χ0v) is 12.2. The summed E-state index contributed by atoms with van der Waals surface area (Å²) in [7, 11) is 0. The van der Waals surface area contributed by atoms with Gasteiger partial charge in [-0.1, -0.05) is 0 Å². The van der Waals surface area contributed by atoms with E-state index in [2.05, 4.69) is 15.1 Å². The molecule has 0 aliphatic rings. The van der Waals surface area contributed by atoms with Crippen molar-refractivity contribution in [3.8, 4) is 5.88 Å². The summed E-state index contributed by atoms with van der Waals surface area (Å²) >= 11 is 0. The Kier molecular flexibility index (Phi) is 4.60. The summed E-state index contributed by atoms with van der Waals surface area (Å²) in [5.41, 5.74) is 2.77. The van der Waals surface area contributed by atoms with Gasteiger partial charge in [0.15, 0.2) is 5.65 Å². The highest BCUT2D eigenvalue weighted by molar-refractivity contribution is 5.41. The number of rotatable bonds is 7. The number of hydrogen-bond acceptors (Lipinski definition) is 5. The maximum absolute atomic E-state index is 8.88. The molecule has 0 unspecified atom stereocenters. The monoisotopic (exact) mass is 298 g/mol. The molecule has 3 aromatic heterocycles. The van der Waals surface area contributed by atoms with Crippen LogP contribution in [0.1, 0.15) is 24.1 Å². The fraction of sp³-hybridized carbons (Fsp3) is 0.312. The van der Waals surface area contributed by atoms with Crippen molar-refractivity contribution in [3.05, 3.63) is 54.1 Å². The Bertz CT molecular complexity index is 727. The molecule has 0 bridgehead atoms. The highest BCUT2D eigenvalue weighted by Crippen LogP contribution is 2.17. The van der Waals surface area contributed by atoms with Gasteiger partial charge >= 0.3 is 0 Å². The molecule has 6 heteroatoms. The van der Waals surface area contributed by atoms with Crippen LogP contribution in [0.25, 0.3) is 5.65 Å². The van der Waals surface area contributed by atoms with Crippen molar-refractivity contribution >= 4 is 5.65 Å². The molecule has 1 N–H and O–H groups in total. The highest BCUT2D eigenvalue weighted by atomic mass is 16.5. The second kappa shape index (κ2) is 7.00. The van der Waals surface area contributed by atoms with Gasteiger partial charge in [0, 0.05) is 36.8 Å². The predicted octanol–water partition coefficient (Wildman–Crippen LogP) is 2.02. The van der Waals surface area contributed by atoms with E-state index in [9.17, 15) is 0 Å².